The Morgan fingerprint density at radius 1 is 0.131 bits per heavy atom. The number of rotatable bonds is 15. The summed E-state index contributed by atoms with van der Waals surface area (Å²) >= 11 is 0. The number of hydrogen-bond donors (Lipinski definition) is 0. The molecule has 0 radical (unpaired) electrons. The molecule has 398 valence electrons. The minimum Gasteiger partial charge on any atom is -0.311 e. The Morgan fingerprint density at radius 2 is 0.321 bits per heavy atom. The fraction of sp³-hybridized carbons (Fsp3) is 0. The second-order valence-electron chi connectivity index (χ2n) is 21.0. The van der Waals surface area contributed by atoms with Crippen molar-refractivity contribution < 1.29 is 0 Å². The molecule has 14 aromatic rings. The predicted molar refractivity (Wildman–Crippen MR) is 356 cm³/mol. The quantitative estimate of drug-likeness (QED) is 0.101. The van der Waals surface area contributed by atoms with Crippen molar-refractivity contribution in [2.45, 2.75) is 0 Å². The molecule has 14 rings (SSSR count). The van der Waals surface area contributed by atoms with Crippen molar-refractivity contribution in [3.05, 3.63) is 352 Å². The summed E-state index contributed by atoms with van der Waals surface area (Å²) in [5, 5.41) is 4.77. The van der Waals surface area contributed by atoms with Crippen LogP contribution in [0, 0.1) is 0 Å². The summed E-state index contributed by atoms with van der Waals surface area (Å²) in [6.07, 6.45) is 0. The summed E-state index contributed by atoms with van der Waals surface area (Å²) in [4.78, 5) is 9.36. The van der Waals surface area contributed by atoms with Crippen LogP contribution in [0.4, 0.5) is 68.2 Å². The van der Waals surface area contributed by atoms with Gasteiger partial charge in [-0.25, -0.2) is 0 Å². The van der Waals surface area contributed by atoms with Crippen LogP contribution >= 0.6 is 0 Å². The van der Waals surface area contributed by atoms with Crippen LogP contribution in [0.1, 0.15) is 0 Å². The van der Waals surface area contributed by atoms with Crippen molar-refractivity contribution in [2.24, 2.45) is 0 Å². The van der Waals surface area contributed by atoms with Gasteiger partial charge in [0.2, 0.25) is 0 Å². The first-order valence-corrected chi connectivity index (χ1v) is 28.6. The summed E-state index contributed by atoms with van der Waals surface area (Å²) in [5.41, 5.74) is 20.1. The molecule has 0 N–H and O–H groups in total. The molecule has 4 heteroatoms. The molecular weight excluding hydrogens is 1020 g/mol. The van der Waals surface area contributed by atoms with Gasteiger partial charge < -0.3 is 19.6 Å². The molecule has 0 spiro atoms. The Morgan fingerprint density at radius 3 is 0.571 bits per heavy atom. The second-order valence-corrected chi connectivity index (χ2v) is 21.0. The van der Waals surface area contributed by atoms with Gasteiger partial charge in [-0.1, -0.05) is 218 Å². The maximum atomic E-state index is 2.38. The third kappa shape index (κ3) is 10.3. The van der Waals surface area contributed by atoms with E-state index in [4.69, 9.17) is 0 Å². The highest BCUT2D eigenvalue weighted by molar-refractivity contribution is 6.01. The van der Waals surface area contributed by atoms with Crippen LogP contribution in [-0.4, -0.2) is 0 Å². The van der Waals surface area contributed by atoms with Crippen LogP contribution in [0.3, 0.4) is 0 Å². The lowest BCUT2D eigenvalue weighted by Crippen LogP contribution is -2.10. The first kappa shape index (κ1) is 51.0. The second kappa shape index (κ2) is 23.1. The lowest BCUT2D eigenvalue weighted by Gasteiger charge is -2.28. The Balaban J connectivity index is 0.753. The van der Waals surface area contributed by atoms with E-state index in [0.717, 1.165) is 102 Å². The third-order valence-electron chi connectivity index (χ3n) is 15.8. The molecule has 0 atom stereocenters. The van der Waals surface area contributed by atoms with Crippen molar-refractivity contribution in [3.63, 3.8) is 0 Å². The molecule has 0 aliphatic heterocycles. The van der Waals surface area contributed by atoms with E-state index in [1.54, 1.807) is 0 Å². The van der Waals surface area contributed by atoms with Crippen molar-refractivity contribution in [1.29, 1.82) is 0 Å². The number of nitrogens with zero attached hydrogens (tertiary/aromatic N) is 4. The molecule has 0 unspecified atom stereocenters. The van der Waals surface area contributed by atoms with Gasteiger partial charge in [-0.2, -0.15) is 0 Å². The van der Waals surface area contributed by atoms with Crippen LogP contribution in [0.5, 0.6) is 0 Å². The van der Waals surface area contributed by atoms with Crippen LogP contribution < -0.4 is 19.6 Å². The molecule has 4 nitrogen and oxygen atoms in total. The summed E-state index contributed by atoms with van der Waals surface area (Å²) < 4.78 is 0. The number of para-hydroxylation sites is 4. The Hall–Kier alpha value is -11.2. The number of benzene rings is 14. The molecule has 0 amide bonds. The molecule has 14 aromatic carbocycles. The smallest absolute Gasteiger partial charge is 0.0540 e. The van der Waals surface area contributed by atoms with E-state index in [1.165, 1.54) is 21.5 Å². The van der Waals surface area contributed by atoms with Crippen molar-refractivity contribution in [2.75, 3.05) is 19.6 Å². The van der Waals surface area contributed by atoms with Gasteiger partial charge in [-0.05, 0) is 178 Å². The first-order valence-electron chi connectivity index (χ1n) is 28.6. The van der Waals surface area contributed by atoms with Crippen LogP contribution in [0.25, 0.3) is 54.9 Å². The van der Waals surface area contributed by atoms with E-state index in [0.29, 0.717) is 0 Å². The Kier molecular flexibility index (Phi) is 14.0. The first-order chi connectivity index (χ1) is 41.7. The van der Waals surface area contributed by atoms with Gasteiger partial charge >= 0.3 is 0 Å². The maximum Gasteiger partial charge on any atom is 0.0540 e. The van der Waals surface area contributed by atoms with Gasteiger partial charge in [0.1, 0.15) is 0 Å². The van der Waals surface area contributed by atoms with Gasteiger partial charge in [0.15, 0.2) is 0 Å². The fourth-order valence-corrected chi connectivity index (χ4v) is 11.7. The zero-order valence-electron chi connectivity index (χ0n) is 46.3. The lowest BCUT2D eigenvalue weighted by atomic mass is 10.0. The molecular formula is C80H58N4. The van der Waals surface area contributed by atoms with E-state index in [9.17, 15) is 0 Å². The normalized spacial score (nSPS) is 11.1. The van der Waals surface area contributed by atoms with Gasteiger partial charge in [0, 0.05) is 67.6 Å². The van der Waals surface area contributed by atoms with Gasteiger partial charge in [-0.15, -0.1) is 0 Å². The van der Waals surface area contributed by atoms with Gasteiger partial charge in [0.25, 0.3) is 0 Å². The summed E-state index contributed by atoms with van der Waals surface area (Å²) in [7, 11) is 0. The van der Waals surface area contributed by atoms with E-state index in [1.807, 2.05) is 0 Å². The highest BCUT2D eigenvalue weighted by atomic mass is 15.2. The standard InChI is InChI=1S/C80H58N4/c1-5-23-67(24-6-1)81(68-25-7-2-8-26-68)71-47-35-59(36-48-71)61-39-51-73(52-40-61)83(79-33-17-21-65-19-13-15-31-77(65)79)75-55-43-63(44-56-75)64-45-57-76(58-46-64)84(80-34-18-22-66-20-14-16-32-78(66)80)74-53-41-62(42-54-74)60-37-49-72(50-38-60)82(69-27-9-3-10-28-69)70-29-11-4-12-30-70/h1-58H. The van der Waals surface area contributed by atoms with Crippen LogP contribution in [0.2, 0.25) is 0 Å². The SMILES string of the molecule is c1ccc(N(c2ccccc2)c2ccc(-c3ccc(N(c4ccc(-c5ccc(N(c6ccc(-c7ccc(N(c8ccccc8)c8ccccc8)cc7)cc6)c6cccc7ccccc67)cc5)cc4)c4cccc5ccccc45)cc3)cc2)cc1. The highest BCUT2D eigenvalue weighted by Gasteiger charge is 2.20. The minimum atomic E-state index is 1.08. The largest absolute Gasteiger partial charge is 0.311 e. The molecule has 0 aromatic heterocycles. The summed E-state index contributed by atoms with van der Waals surface area (Å²) in [5.74, 6) is 0. The molecule has 0 heterocycles. The van der Waals surface area contributed by atoms with E-state index < -0.39 is 0 Å². The molecule has 0 bridgehead atoms. The monoisotopic (exact) mass is 1070 g/mol. The number of fused-ring (bicyclic) bond motifs is 2. The molecule has 0 fully saturated rings. The zero-order valence-corrected chi connectivity index (χ0v) is 46.3. The Bertz CT molecular complexity index is 4090. The van der Waals surface area contributed by atoms with Crippen molar-refractivity contribution in [3.8, 4) is 33.4 Å². The van der Waals surface area contributed by atoms with Crippen molar-refractivity contribution in [1.82, 2.24) is 0 Å². The predicted octanol–water partition coefficient (Wildman–Crippen LogP) is 22.9. The van der Waals surface area contributed by atoms with Crippen LogP contribution in [-0.2, 0) is 0 Å². The summed E-state index contributed by atoms with van der Waals surface area (Å²) in [6.45, 7) is 0. The maximum absolute atomic E-state index is 2.38. The topological polar surface area (TPSA) is 13.0 Å². The average Bonchev–Trinajstić information content (AvgIpc) is 2.80. The Labute approximate surface area is 491 Å². The van der Waals surface area contributed by atoms with E-state index in [2.05, 4.69) is 371 Å². The third-order valence-corrected chi connectivity index (χ3v) is 15.8. The average molecular weight is 1080 g/mol. The van der Waals surface area contributed by atoms with Gasteiger partial charge in [0.05, 0.1) is 11.4 Å². The molecule has 0 aliphatic rings. The molecule has 0 aliphatic carbocycles. The number of hydrogen-bond acceptors (Lipinski definition) is 4. The van der Waals surface area contributed by atoms with Crippen LogP contribution in [0.15, 0.2) is 352 Å². The zero-order chi connectivity index (χ0) is 56.0. The molecule has 0 saturated carbocycles. The molecule has 0 saturated heterocycles. The molecule has 84 heavy (non-hydrogen) atoms. The fourth-order valence-electron chi connectivity index (χ4n) is 11.7. The highest BCUT2D eigenvalue weighted by Crippen LogP contribution is 2.44. The van der Waals surface area contributed by atoms with E-state index >= 15 is 0 Å². The van der Waals surface area contributed by atoms with E-state index in [-0.39, 0.29) is 0 Å². The minimum absolute atomic E-state index is 1.08. The van der Waals surface area contributed by atoms with Crippen molar-refractivity contribution >= 4 is 89.8 Å². The van der Waals surface area contributed by atoms with Gasteiger partial charge in [-0.3, -0.25) is 0 Å². The summed E-state index contributed by atoms with van der Waals surface area (Å²) in [6, 6.07) is 126. The number of anilines is 12. The lowest BCUT2D eigenvalue weighted by molar-refractivity contribution is 1.28.